The molecule has 0 saturated carbocycles. The molecule has 0 N–H and O–H groups in total. The molecule has 11 heteroatoms. The van der Waals surface area contributed by atoms with Gasteiger partial charge in [-0.05, 0) is 29.8 Å². The van der Waals surface area contributed by atoms with Crippen molar-refractivity contribution in [2.45, 2.75) is 12.4 Å². The summed E-state index contributed by atoms with van der Waals surface area (Å²) in [6.07, 6.45) is -8.94. The molecule has 0 aliphatic heterocycles. The van der Waals surface area contributed by atoms with Gasteiger partial charge in [-0.2, -0.15) is 31.4 Å². The molecule has 1 aromatic heterocycles. The zero-order valence-electron chi connectivity index (χ0n) is 14.1. The van der Waals surface area contributed by atoms with Crippen LogP contribution >= 0.6 is 0 Å². The highest BCUT2D eigenvalue weighted by atomic mass is 19.4. The molecule has 0 amide bonds. The Morgan fingerprint density at radius 1 is 0.828 bits per heavy atom. The van der Waals surface area contributed by atoms with E-state index >= 15 is 0 Å². The highest BCUT2D eigenvalue weighted by molar-refractivity contribution is 5.82. The predicted octanol–water partition coefficient (Wildman–Crippen LogP) is 5.94. The van der Waals surface area contributed by atoms with E-state index in [1.807, 2.05) is 0 Å². The maximum atomic E-state index is 13.5. The maximum absolute atomic E-state index is 13.5. The third-order valence-electron chi connectivity index (χ3n) is 3.69. The topological polar surface area (TPSA) is 30.2 Å². The monoisotopic (exact) mass is 419 g/mol. The first-order valence-corrected chi connectivity index (χ1v) is 7.79. The van der Waals surface area contributed by atoms with Crippen LogP contribution in [0.15, 0.2) is 53.5 Å². The fraction of sp³-hybridized carbons (Fsp3) is 0.111. The molecule has 29 heavy (non-hydrogen) atoms. The van der Waals surface area contributed by atoms with Crippen molar-refractivity contribution >= 4 is 11.9 Å². The first kappa shape index (κ1) is 20.5. The second kappa shape index (κ2) is 7.30. The maximum Gasteiger partial charge on any atom is 0.435 e. The van der Waals surface area contributed by atoms with Crippen LogP contribution in [0.1, 0.15) is 17.0 Å². The summed E-state index contributed by atoms with van der Waals surface area (Å²) in [6, 6.07) is 7.36. The summed E-state index contributed by atoms with van der Waals surface area (Å²) in [4.78, 5) is 3.79. The molecule has 3 nitrogen and oxygen atoms in total. The minimum Gasteiger partial charge on any atom is -0.253 e. The van der Waals surface area contributed by atoms with Crippen molar-refractivity contribution in [1.29, 1.82) is 0 Å². The van der Waals surface area contributed by atoms with Gasteiger partial charge in [-0.1, -0.05) is 12.1 Å². The van der Waals surface area contributed by atoms with Gasteiger partial charge in [-0.25, -0.2) is 13.5 Å². The van der Waals surface area contributed by atoms with Crippen LogP contribution in [-0.2, 0) is 12.4 Å². The molecule has 3 rings (SSSR count). The molecule has 152 valence electrons. The molecular formula is C18H9F8N3. The van der Waals surface area contributed by atoms with Crippen molar-refractivity contribution in [2.24, 2.45) is 4.99 Å². The number of nitrogens with zero attached hydrogens (tertiary/aromatic N) is 3. The lowest BCUT2D eigenvalue weighted by Gasteiger charge is -2.10. The van der Waals surface area contributed by atoms with Crippen molar-refractivity contribution in [1.82, 2.24) is 9.78 Å². The Morgan fingerprint density at radius 3 is 2.03 bits per heavy atom. The molecule has 0 fully saturated rings. The average molecular weight is 419 g/mol. The van der Waals surface area contributed by atoms with Crippen LogP contribution in [0.5, 0.6) is 0 Å². The average Bonchev–Trinajstić information content (AvgIpc) is 3.08. The number of aliphatic imine (C=N–C) groups is 1. The Hall–Kier alpha value is -3.24. The van der Waals surface area contributed by atoms with Gasteiger partial charge in [0, 0.05) is 18.3 Å². The summed E-state index contributed by atoms with van der Waals surface area (Å²) in [5.41, 5.74) is -3.38. The zero-order valence-corrected chi connectivity index (χ0v) is 14.1. The smallest absolute Gasteiger partial charge is 0.253 e. The van der Waals surface area contributed by atoms with E-state index in [-0.39, 0.29) is 22.1 Å². The second-order valence-corrected chi connectivity index (χ2v) is 5.77. The molecule has 0 radical (unpaired) electrons. The molecule has 0 saturated heterocycles. The Bertz CT molecular complexity index is 1050. The summed E-state index contributed by atoms with van der Waals surface area (Å²) in [5, 5.41) is 3.01. The molecule has 2 aromatic carbocycles. The summed E-state index contributed by atoms with van der Waals surface area (Å²) in [6.45, 7) is 0. The van der Waals surface area contributed by atoms with E-state index in [0.717, 1.165) is 30.5 Å². The van der Waals surface area contributed by atoms with Crippen LogP contribution in [0.3, 0.4) is 0 Å². The van der Waals surface area contributed by atoms with E-state index in [9.17, 15) is 35.1 Å². The first-order valence-electron chi connectivity index (χ1n) is 7.79. The van der Waals surface area contributed by atoms with Crippen molar-refractivity contribution < 1.29 is 35.1 Å². The molecular weight excluding hydrogens is 410 g/mol. The zero-order chi connectivity index (χ0) is 21.4. The number of benzene rings is 2. The number of aromatic nitrogens is 2. The van der Waals surface area contributed by atoms with E-state index in [0.29, 0.717) is 11.6 Å². The standard InChI is InChI=1S/C18H9F8N3/c19-11-3-6-14(13(20)7-11)27-9-10-1-4-12(5-2-10)29-16(18(24,25)26)8-15(28-29)17(21,22)23/h1-9H. The quantitative estimate of drug-likeness (QED) is 0.382. The lowest BCUT2D eigenvalue weighted by Crippen LogP contribution is -2.13. The largest absolute Gasteiger partial charge is 0.435 e. The Balaban J connectivity index is 1.92. The van der Waals surface area contributed by atoms with Crippen LogP contribution in [-0.4, -0.2) is 16.0 Å². The molecule has 1 heterocycles. The van der Waals surface area contributed by atoms with Crippen LogP contribution < -0.4 is 0 Å². The van der Waals surface area contributed by atoms with Gasteiger partial charge in [0.1, 0.15) is 11.5 Å². The summed E-state index contributed by atoms with van der Waals surface area (Å²) in [5.74, 6) is -1.70. The molecule has 3 aromatic rings. The van der Waals surface area contributed by atoms with Gasteiger partial charge in [0.25, 0.3) is 0 Å². The van der Waals surface area contributed by atoms with Gasteiger partial charge in [-0.15, -0.1) is 0 Å². The lowest BCUT2D eigenvalue weighted by atomic mass is 10.2. The van der Waals surface area contributed by atoms with Gasteiger partial charge >= 0.3 is 12.4 Å². The SMILES string of the molecule is Fc1ccc(N=Cc2ccc(-n3nc(C(F)(F)F)cc3C(F)(F)F)cc2)c(F)c1. The van der Waals surface area contributed by atoms with E-state index in [2.05, 4.69) is 10.1 Å². The number of hydrogen-bond acceptors (Lipinski definition) is 2. The number of halogens is 8. The van der Waals surface area contributed by atoms with Crippen LogP contribution in [0.4, 0.5) is 40.8 Å². The van der Waals surface area contributed by atoms with Crippen molar-refractivity contribution in [2.75, 3.05) is 0 Å². The van der Waals surface area contributed by atoms with Crippen molar-refractivity contribution in [3.63, 3.8) is 0 Å². The molecule has 0 bridgehead atoms. The van der Waals surface area contributed by atoms with Crippen LogP contribution in [0.2, 0.25) is 0 Å². The molecule has 0 aliphatic rings. The fourth-order valence-corrected chi connectivity index (χ4v) is 2.35. The first-order chi connectivity index (χ1) is 13.4. The summed E-state index contributed by atoms with van der Waals surface area (Å²) >= 11 is 0. The number of rotatable bonds is 3. The molecule has 0 spiro atoms. The van der Waals surface area contributed by atoms with Crippen molar-refractivity contribution in [3.8, 4) is 5.69 Å². The van der Waals surface area contributed by atoms with Gasteiger partial charge in [-0.3, -0.25) is 4.99 Å². The van der Waals surface area contributed by atoms with E-state index in [1.165, 1.54) is 12.1 Å². The normalized spacial score (nSPS) is 12.7. The van der Waals surface area contributed by atoms with Crippen LogP contribution in [0, 0.1) is 11.6 Å². The highest BCUT2D eigenvalue weighted by Crippen LogP contribution is 2.36. The molecule has 0 atom stereocenters. The fourth-order valence-electron chi connectivity index (χ4n) is 2.35. The van der Waals surface area contributed by atoms with E-state index in [1.54, 1.807) is 0 Å². The third kappa shape index (κ3) is 4.61. The van der Waals surface area contributed by atoms with Crippen molar-refractivity contribution in [3.05, 3.63) is 77.1 Å². The summed E-state index contributed by atoms with van der Waals surface area (Å²) in [7, 11) is 0. The van der Waals surface area contributed by atoms with E-state index < -0.39 is 35.4 Å². The Morgan fingerprint density at radius 2 is 1.48 bits per heavy atom. The van der Waals surface area contributed by atoms with Gasteiger partial charge in [0.15, 0.2) is 11.5 Å². The van der Waals surface area contributed by atoms with Gasteiger partial charge < -0.3 is 0 Å². The highest BCUT2D eigenvalue weighted by Gasteiger charge is 2.42. The Labute approximate surface area is 157 Å². The minimum absolute atomic E-state index is 0.0767. The predicted molar refractivity (Wildman–Crippen MR) is 87.2 cm³/mol. The van der Waals surface area contributed by atoms with Crippen LogP contribution in [0.25, 0.3) is 5.69 Å². The van der Waals surface area contributed by atoms with Gasteiger partial charge in [0.05, 0.1) is 11.4 Å². The second-order valence-electron chi connectivity index (χ2n) is 5.77. The number of hydrogen-bond donors (Lipinski definition) is 0. The number of alkyl halides is 6. The van der Waals surface area contributed by atoms with E-state index in [4.69, 9.17) is 0 Å². The summed E-state index contributed by atoms with van der Waals surface area (Å²) < 4.78 is 104. The Kier molecular flexibility index (Phi) is 5.16. The lowest BCUT2D eigenvalue weighted by molar-refractivity contribution is -0.143. The molecule has 0 unspecified atom stereocenters. The molecule has 0 aliphatic carbocycles. The third-order valence-corrected chi connectivity index (χ3v) is 3.69. The van der Waals surface area contributed by atoms with Gasteiger partial charge in [0.2, 0.25) is 0 Å². The minimum atomic E-state index is -5.06.